The molecular weight excluding hydrogens is 174 g/mol. The van der Waals surface area contributed by atoms with Crippen molar-refractivity contribution in [2.75, 3.05) is 5.43 Å². The minimum absolute atomic E-state index is 0.254. The van der Waals surface area contributed by atoms with E-state index in [4.69, 9.17) is 5.84 Å². The number of amides is 1. The zero-order valence-corrected chi connectivity index (χ0v) is 7.14. The van der Waals surface area contributed by atoms with Crippen LogP contribution in [0, 0.1) is 0 Å². The summed E-state index contributed by atoms with van der Waals surface area (Å²) in [4.78, 5) is 11.0. The molecular formula is C7H9N3OS. The van der Waals surface area contributed by atoms with E-state index in [2.05, 4.69) is 23.0 Å². The minimum Gasteiger partial charge on any atom is -0.324 e. The van der Waals surface area contributed by atoms with Gasteiger partial charge in [-0.25, -0.2) is 0 Å². The SMILES string of the molecule is NNc1cccc(C(=O)NS)c1. The molecule has 0 heterocycles. The average molecular weight is 183 g/mol. The van der Waals surface area contributed by atoms with Crippen LogP contribution in [0.5, 0.6) is 0 Å². The van der Waals surface area contributed by atoms with Gasteiger partial charge in [0.15, 0.2) is 0 Å². The van der Waals surface area contributed by atoms with Gasteiger partial charge in [0.25, 0.3) is 5.91 Å². The minimum atomic E-state index is -0.254. The highest BCUT2D eigenvalue weighted by Crippen LogP contribution is 2.08. The second-order valence-corrected chi connectivity index (χ2v) is 2.39. The molecule has 0 aliphatic rings. The molecule has 0 saturated carbocycles. The molecule has 0 aliphatic carbocycles. The van der Waals surface area contributed by atoms with Gasteiger partial charge in [0.1, 0.15) is 0 Å². The van der Waals surface area contributed by atoms with Crippen LogP contribution in [0.15, 0.2) is 24.3 Å². The fourth-order valence-electron chi connectivity index (χ4n) is 0.815. The van der Waals surface area contributed by atoms with E-state index in [0.717, 1.165) is 0 Å². The first kappa shape index (κ1) is 8.89. The quantitative estimate of drug-likeness (QED) is 0.307. The first-order valence-electron chi connectivity index (χ1n) is 3.29. The standard InChI is InChI=1S/C7H9N3OS/c8-9-6-3-1-2-5(4-6)7(11)10-12/h1-4,9,12H,8H2,(H,10,11). The lowest BCUT2D eigenvalue weighted by atomic mass is 10.2. The summed E-state index contributed by atoms with van der Waals surface area (Å²) in [7, 11) is 0. The Morgan fingerprint density at radius 3 is 2.83 bits per heavy atom. The van der Waals surface area contributed by atoms with Crippen molar-refractivity contribution in [3.8, 4) is 0 Å². The summed E-state index contributed by atoms with van der Waals surface area (Å²) in [6, 6.07) is 6.79. The second-order valence-electron chi connectivity index (χ2n) is 2.17. The van der Waals surface area contributed by atoms with Gasteiger partial charge >= 0.3 is 0 Å². The number of benzene rings is 1. The molecule has 0 spiro atoms. The fourth-order valence-corrected chi connectivity index (χ4v) is 0.944. The Morgan fingerprint density at radius 2 is 2.25 bits per heavy atom. The predicted octanol–water partition coefficient (Wildman–Crippen LogP) is 0.547. The molecule has 1 aromatic rings. The highest BCUT2D eigenvalue weighted by molar-refractivity contribution is 7.78. The third-order valence-electron chi connectivity index (χ3n) is 1.39. The largest absolute Gasteiger partial charge is 0.324 e. The molecule has 1 aromatic carbocycles. The topological polar surface area (TPSA) is 67.1 Å². The highest BCUT2D eigenvalue weighted by atomic mass is 32.1. The van der Waals surface area contributed by atoms with Crippen molar-refractivity contribution in [2.45, 2.75) is 0 Å². The normalized spacial score (nSPS) is 9.17. The summed E-state index contributed by atoms with van der Waals surface area (Å²) in [5, 5.41) is 0. The van der Waals surface area contributed by atoms with Crippen LogP contribution in [0.25, 0.3) is 0 Å². The molecule has 1 amide bonds. The van der Waals surface area contributed by atoms with Crippen LogP contribution >= 0.6 is 12.8 Å². The number of thiol groups is 1. The molecule has 0 bridgehead atoms. The summed E-state index contributed by atoms with van der Waals surface area (Å²) in [5.41, 5.74) is 3.64. The molecule has 5 heteroatoms. The number of carbonyl (C=O) groups is 1. The maximum Gasteiger partial charge on any atom is 0.260 e. The van der Waals surface area contributed by atoms with E-state index >= 15 is 0 Å². The summed E-state index contributed by atoms with van der Waals surface area (Å²) in [5.74, 6) is 4.91. The van der Waals surface area contributed by atoms with Gasteiger partial charge in [0, 0.05) is 11.3 Å². The molecule has 0 saturated heterocycles. The van der Waals surface area contributed by atoms with E-state index in [0.29, 0.717) is 11.3 Å². The molecule has 0 unspecified atom stereocenters. The van der Waals surface area contributed by atoms with Gasteiger partial charge in [0.05, 0.1) is 0 Å². The fraction of sp³-hybridized carbons (Fsp3) is 0. The van der Waals surface area contributed by atoms with Gasteiger partial charge < -0.3 is 5.43 Å². The first-order chi connectivity index (χ1) is 5.77. The Hall–Kier alpha value is -1.20. The predicted molar refractivity (Wildman–Crippen MR) is 50.7 cm³/mol. The van der Waals surface area contributed by atoms with Crippen LogP contribution < -0.4 is 16.0 Å². The van der Waals surface area contributed by atoms with Crippen LogP contribution in [0.3, 0.4) is 0 Å². The molecule has 0 fully saturated rings. The van der Waals surface area contributed by atoms with E-state index in [-0.39, 0.29) is 5.91 Å². The number of hydrogen-bond donors (Lipinski definition) is 4. The van der Waals surface area contributed by atoms with Crippen molar-refractivity contribution in [1.82, 2.24) is 4.72 Å². The first-order valence-corrected chi connectivity index (χ1v) is 3.73. The van der Waals surface area contributed by atoms with Crippen molar-refractivity contribution in [2.24, 2.45) is 5.84 Å². The van der Waals surface area contributed by atoms with Crippen LogP contribution in [0.1, 0.15) is 10.4 Å². The molecule has 1 rings (SSSR count). The zero-order chi connectivity index (χ0) is 8.97. The van der Waals surface area contributed by atoms with Gasteiger partial charge in [-0.1, -0.05) is 18.9 Å². The molecule has 0 atom stereocenters. The molecule has 4 N–H and O–H groups in total. The van der Waals surface area contributed by atoms with Gasteiger partial charge in [-0.15, -0.1) is 0 Å². The molecule has 0 radical (unpaired) electrons. The van der Waals surface area contributed by atoms with Crippen molar-refractivity contribution < 1.29 is 4.79 Å². The van der Waals surface area contributed by atoms with Crippen molar-refractivity contribution >= 4 is 24.4 Å². The van der Waals surface area contributed by atoms with Crippen LogP contribution in [-0.4, -0.2) is 5.91 Å². The third kappa shape index (κ3) is 1.90. The number of hydrazine groups is 1. The van der Waals surface area contributed by atoms with Gasteiger partial charge in [-0.2, -0.15) is 0 Å². The van der Waals surface area contributed by atoms with Crippen LogP contribution in [0.4, 0.5) is 5.69 Å². The van der Waals surface area contributed by atoms with E-state index in [1.54, 1.807) is 24.3 Å². The van der Waals surface area contributed by atoms with Gasteiger partial charge in [-0.3, -0.25) is 15.4 Å². The van der Waals surface area contributed by atoms with Crippen molar-refractivity contribution in [3.05, 3.63) is 29.8 Å². The Labute approximate surface area is 75.7 Å². The Kier molecular flexibility index (Phi) is 2.95. The smallest absolute Gasteiger partial charge is 0.260 e. The summed E-state index contributed by atoms with van der Waals surface area (Å²) >= 11 is 3.64. The van der Waals surface area contributed by atoms with Crippen LogP contribution in [-0.2, 0) is 0 Å². The number of hydrogen-bond acceptors (Lipinski definition) is 4. The van der Waals surface area contributed by atoms with E-state index < -0.39 is 0 Å². The van der Waals surface area contributed by atoms with Gasteiger partial charge in [0.2, 0.25) is 0 Å². The summed E-state index contributed by atoms with van der Waals surface area (Å²) < 4.78 is 2.22. The zero-order valence-electron chi connectivity index (χ0n) is 6.24. The average Bonchev–Trinajstić information content (AvgIpc) is 2.17. The Bertz CT molecular complexity index is 290. The van der Waals surface area contributed by atoms with Crippen molar-refractivity contribution in [3.63, 3.8) is 0 Å². The monoisotopic (exact) mass is 183 g/mol. The number of nitrogen functional groups attached to an aromatic ring is 1. The number of nitrogens with two attached hydrogens (primary N) is 1. The second kappa shape index (κ2) is 3.99. The number of carbonyl (C=O) groups excluding carboxylic acids is 1. The number of anilines is 1. The van der Waals surface area contributed by atoms with Crippen LogP contribution in [0.2, 0.25) is 0 Å². The lowest BCUT2D eigenvalue weighted by Crippen LogP contribution is -2.13. The van der Waals surface area contributed by atoms with E-state index in [9.17, 15) is 4.79 Å². The molecule has 64 valence electrons. The maximum atomic E-state index is 11.0. The molecule has 0 aliphatic heterocycles. The highest BCUT2D eigenvalue weighted by Gasteiger charge is 2.02. The van der Waals surface area contributed by atoms with E-state index in [1.165, 1.54) is 0 Å². The lowest BCUT2D eigenvalue weighted by Gasteiger charge is -2.01. The number of rotatable bonds is 2. The number of nitrogens with one attached hydrogen (secondary N) is 2. The molecule has 4 nitrogen and oxygen atoms in total. The summed E-state index contributed by atoms with van der Waals surface area (Å²) in [6.07, 6.45) is 0. The molecule has 0 aromatic heterocycles. The molecule has 12 heavy (non-hydrogen) atoms. The van der Waals surface area contributed by atoms with E-state index in [1.807, 2.05) is 0 Å². The lowest BCUT2D eigenvalue weighted by molar-refractivity contribution is 0.0985. The van der Waals surface area contributed by atoms with Gasteiger partial charge in [-0.05, 0) is 18.2 Å². The van der Waals surface area contributed by atoms with Crippen molar-refractivity contribution in [1.29, 1.82) is 0 Å². The summed E-state index contributed by atoms with van der Waals surface area (Å²) in [6.45, 7) is 0. The Morgan fingerprint density at radius 1 is 1.50 bits per heavy atom. The third-order valence-corrected chi connectivity index (χ3v) is 1.60. The Balaban J connectivity index is 2.93. The maximum absolute atomic E-state index is 11.0.